The number of aryl methyl sites for hydroxylation is 1. The van der Waals surface area contributed by atoms with E-state index in [1.54, 1.807) is 21.7 Å². The Bertz CT molecular complexity index is 1080. The summed E-state index contributed by atoms with van der Waals surface area (Å²) in [4.78, 5) is 16.5. The second-order valence-electron chi connectivity index (χ2n) is 7.39. The molecule has 0 aliphatic carbocycles. The van der Waals surface area contributed by atoms with Gasteiger partial charge in [0.25, 0.3) is 5.88 Å². The quantitative estimate of drug-likeness (QED) is 0.657. The van der Waals surface area contributed by atoms with Crippen LogP contribution in [-0.2, 0) is 6.18 Å². The maximum Gasteiger partial charge on any atom is 0.419 e. The molecular formula is C20H23F3N6O2. The van der Waals surface area contributed by atoms with E-state index in [0.29, 0.717) is 44.1 Å². The number of methoxy groups -OCH3 is 1. The maximum atomic E-state index is 13.9. The van der Waals surface area contributed by atoms with Crippen LogP contribution in [0.25, 0.3) is 16.9 Å². The smallest absolute Gasteiger partial charge is 0.419 e. The van der Waals surface area contributed by atoms with E-state index < -0.39 is 11.7 Å². The molecule has 4 heterocycles. The van der Waals surface area contributed by atoms with Crippen LogP contribution in [0.1, 0.15) is 11.3 Å². The number of fused-ring (bicyclic) bond motifs is 1. The zero-order valence-corrected chi connectivity index (χ0v) is 17.2. The van der Waals surface area contributed by atoms with Gasteiger partial charge in [0, 0.05) is 56.9 Å². The number of hydrogen-bond donors (Lipinski definition) is 1. The van der Waals surface area contributed by atoms with Crippen LogP contribution in [0.3, 0.4) is 0 Å². The van der Waals surface area contributed by atoms with Crippen molar-refractivity contribution in [2.75, 3.05) is 51.3 Å². The minimum absolute atomic E-state index is 0.0258. The molecule has 0 spiro atoms. The number of anilines is 1. The number of ether oxygens (including phenoxy) is 1. The van der Waals surface area contributed by atoms with Gasteiger partial charge in [-0.2, -0.15) is 13.2 Å². The van der Waals surface area contributed by atoms with Gasteiger partial charge in [0.15, 0.2) is 0 Å². The Morgan fingerprint density at radius 1 is 1.13 bits per heavy atom. The number of imidazole rings is 1. The third-order valence-electron chi connectivity index (χ3n) is 5.28. The van der Waals surface area contributed by atoms with Gasteiger partial charge in [0.1, 0.15) is 5.82 Å². The van der Waals surface area contributed by atoms with Crippen LogP contribution in [0.5, 0.6) is 5.88 Å². The van der Waals surface area contributed by atoms with E-state index >= 15 is 0 Å². The predicted molar refractivity (Wildman–Crippen MR) is 108 cm³/mol. The number of aromatic nitrogens is 4. The number of pyridine rings is 1. The second kappa shape index (κ2) is 8.31. The molecule has 0 aromatic carbocycles. The number of nitrogens with zero attached hydrogens (tertiary/aromatic N) is 6. The van der Waals surface area contributed by atoms with Crippen molar-refractivity contribution in [3.63, 3.8) is 0 Å². The SMILES string of the molecule is COc1nc(-c2cnc(N3CCN(CCO)CC3)c(C(F)(F)F)c2)cn2cc(C)nc12. The van der Waals surface area contributed by atoms with Gasteiger partial charge >= 0.3 is 6.18 Å². The van der Waals surface area contributed by atoms with Gasteiger partial charge in [-0.05, 0) is 13.0 Å². The number of aliphatic hydroxyl groups is 1. The maximum absolute atomic E-state index is 13.9. The Balaban J connectivity index is 1.72. The molecule has 1 saturated heterocycles. The minimum atomic E-state index is -4.57. The Morgan fingerprint density at radius 2 is 1.87 bits per heavy atom. The molecule has 3 aromatic rings. The predicted octanol–water partition coefficient (Wildman–Crippen LogP) is 2.24. The molecule has 1 aliphatic rings. The molecule has 1 aliphatic heterocycles. The molecule has 0 saturated carbocycles. The molecule has 31 heavy (non-hydrogen) atoms. The van der Waals surface area contributed by atoms with Crippen LogP contribution in [0.15, 0.2) is 24.7 Å². The molecular weight excluding hydrogens is 413 g/mol. The molecule has 166 valence electrons. The van der Waals surface area contributed by atoms with Crippen LogP contribution in [-0.4, -0.2) is 75.8 Å². The fraction of sp³-hybridized carbons (Fsp3) is 0.450. The zero-order valence-electron chi connectivity index (χ0n) is 17.2. The van der Waals surface area contributed by atoms with Gasteiger partial charge in [0.05, 0.1) is 30.7 Å². The summed E-state index contributed by atoms with van der Waals surface area (Å²) in [5, 5.41) is 9.06. The van der Waals surface area contributed by atoms with Crippen molar-refractivity contribution in [3.05, 3.63) is 35.9 Å². The number of halogens is 3. The van der Waals surface area contributed by atoms with E-state index in [4.69, 9.17) is 9.84 Å². The first kappa shape index (κ1) is 21.3. The summed E-state index contributed by atoms with van der Waals surface area (Å²) in [5.41, 5.74) is 0.969. The Kier molecular flexibility index (Phi) is 5.71. The molecule has 3 aromatic heterocycles. The average Bonchev–Trinajstić information content (AvgIpc) is 3.13. The first-order valence-corrected chi connectivity index (χ1v) is 9.86. The lowest BCUT2D eigenvalue weighted by Crippen LogP contribution is -2.48. The molecule has 0 atom stereocenters. The summed E-state index contributed by atoms with van der Waals surface area (Å²) in [6.07, 6.45) is 0.201. The van der Waals surface area contributed by atoms with Gasteiger partial charge in [-0.3, -0.25) is 4.90 Å². The van der Waals surface area contributed by atoms with Crippen LogP contribution >= 0.6 is 0 Å². The highest BCUT2D eigenvalue weighted by Crippen LogP contribution is 2.38. The molecule has 0 bridgehead atoms. The fourth-order valence-electron chi connectivity index (χ4n) is 3.75. The molecule has 0 radical (unpaired) electrons. The number of piperazine rings is 1. The van der Waals surface area contributed by atoms with Gasteiger partial charge in [-0.1, -0.05) is 0 Å². The number of hydrogen-bond acceptors (Lipinski definition) is 7. The lowest BCUT2D eigenvalue weighted by molar-refractivity contribution is -0.137. The first-order valence-electron chi connectivity index (χ1n) is 9.86. The second-order valence-corrected chi connectivity index (χ2v) is 7.39. The molecule has 0 unspecified atom stereocenters. The summed E-state index contributed by atoms with van der Waals surface area (Å²) in [7, 11) is 1.44. The zero-order chi connectivity index (χ0) is 22.2. The highest BCUT2D eigenvalue weighted by atomic mass is 19.4. The van der Waals surface area contributed by atoms with Gasteiger partial charge in [0.2, 0.25) is 5.65 Å². The summed E-state index contributed by atoms with van der Waals surface area (Å²) >= 11 is 0. The Labute approximate surface area is 176 Å². The lowest BCUT2D eigenvalue weighted by Gasteiger charge is -2.36. The fourth-order valence-corrected chi connectivity index (χ4v) is 3.75. The Hall–Kier alpha value is -2.92. The van der Waals surface area contributed by atoms with Crippen molar-refractivity contribution >= 4 is 11.5 Å². The molecule has 1 fully saturated rings. The normalized spacial score (nSPS) is 15.6. The minimum Gasteiger partial charge on any atom is -0.478 e. The summed E-state index contributed by atoms with van der Waals surface area (Å²) in [5.74, 6) is 0.134. The third kappa shape index (κ3) is 4.28. The van der Waals surface area contributed by atoms with E-state index in [-0.39, 0.29) is 23.9 Å². The number of aliphatic hydroxyl groups excluding tert-OH is 1. The van der Waals surface area contributed by atoms with E-state index in [1.165, 1.54) is 13.3 Å². The summed E-state index contributed by atoms with van der Waals surface area (Å²) < 4.78 is 48.7. The molecule has 0 amide bonds. The number of β-amino-alcohol motifs (C(OH)–C–C–N with tert-alkyl or cyclic N) is 1. The third-order valence-corrected chi connectivity index (χ3v) is 5.28. The largest absolute Gasteiger partial charge is 0.478 e. The molecule has 1 N–H and O–H groups in total. The highest BCUT2D eigenvalue weighted by Gasteiger charge is 2.37. The monoisotopic (exact) mass is 436 g/mol. The molecule has 4 rings (SSSR count). The molecule has 8 nitrogen and oxygen atoms in total. The van der Waals surface area contributed by atoms with Gasteiger partial charge in [-0.25, -0.2) is 15.0 Å². The van der Waals surface area contributed by atoms with Crippen molar-refractivity contribution in [2.45, 2.75) is 13.1 Å². The summed E-state index contributed by atoms with van der Waals surface area (Å²) in [6, 6.07) is 1.08. The van der Waals surface area contributed by atoms with Crippen molar-refractivity contribution in [1.29, 1.82) is 0 Å². The standard InChI is InChI=1S/C20H23F3N6O2/c1-13-11-29-12-16(26-19(31-2)18(29)25-13)14-9-15(20(21,22)23)17(24-10-14)28-5-3-27(4-6-28)7-8-30/h9-12,30H,3-8H2,1-2H3. The lowest BCUT2D eigenvalue weighted by atomic mass is 10.1. The average molecular weight is 436 g/mol. The number of alkyl halides is 3. The van der Waals surface area contributed by atoms with Gasteiger partial charge < -0.3 is 19.1 Å². The van der Waals surface area contributed by atoms with Crippen molar-refractivity contribution in [2.24, 2.45) is 0 Å². The topological polar surface area (TPSA) is 79.0 Å². The van der Waals surface area contributed by atoms with E-state index in [2.05, 4.69) is 15.0 Å². The van der Waals surface area contributed by atoms with Crippen LogP contribution in [0.4, 0.5) is 19.0 Å². The van der Waals surface area contributed by atoms with E-state index in [9.17, 15) is 13.2 Å². The van der Waals surface area contributed by atoms with Crippen LogP contribution < -0.4 is 9.64 Å². The Morgan fingerprint density at radius 3 is 2.52 bits per heavy atom. The summed E-state index contributed by atoms with van der Waals surface area (Å²) in [6.45, 7) is 4.29. The van der Waals surface area contributed by atoms with Crippen molar-refractivity contribution in [1.82, 2.24) is 24.3 Å². The number of rotatable bonds is 5. The first-order chi connectivity index (χ1) is 14.8. The van der Waals surface area contributed by atoms with Crippen LogP contribution in [0, 0.1) is 6.92 Å². The van der Waals surface area contributed by atoms with Crippen molar-refractivity contribution < 1.29 is 23.0 Å². The van der Waals surface area contributed by atoms with E-state index in [0.717, 1.165) is 11.8 Å². The van der Waals surface area contributed by atoms with Crippen LogP contribution in [0.2, 0.25) is 0 Å². The highest BCUT2D eigenvalue weighted by molar-refractivity contribution is 5.66. The van der Waals surface area contributed by atoms with Gasteiger partial charge in [-0.15, -0.1) is 0 Å². The van der Waals surface area contributed by atoms with E-state index in [1.807, 2.05) is 11.8 Å². The molecule has 11 heteroatoms. The van der Waals surface area contributed by atoms with Crippen molar-refractivity contribution in [3.8, 4) is 17.1 Å².